The molecule has 0 atom stereocenters. The molecule has 0 bridgehead atoms. The van der Waals surface area contributed by atoms with Crippen molar-refractivity contribution in [2.45, 2.75) is 19.3 Å². The Kier molecular flexibility index (Phi) is 3.22. The molecule has 0 amide bonds. The van der Waals surface area contributed by atoms with Gasteiger partial charge in [-0.3, -0.25) is 0 Å². The molecule has 3 heteroatoms. The molecule has 0 unspecified atom stereocenters. The van der Waals surface area contributed by atoms with Crippen LogP contribution in [-0.4, -0.2) is 10.2 Å². The Morgan fingerprint density at radius 1 is 0.944 bits per heavy atom. The molecule has 2 aromatic rings. The molecule has 0 aliphatic carbocycles. The number of benzene rings is 2. The smallest absolute Gasteiger partial charge is 0.134 e. The van der Waals surface area contributed by atoms with Crippen molar-refractivity contribution >= 4 is 11.6 Å². The van der Waals surface area contributed by atoms with Crippen LogP contribution in [0.2, 0.25) is 5.02 Å². The minimum absolute atomic E-state index is 0.0199. The highest BCUT2D eigenvalue weighted by Crippen LogP contribution is 2.41. The van der Waals surface area contributed by atoms with Gasteiger partial charge >= 0.3 is 0 Å². The number of phenols is 2. The lowest BCUT2D eigenvalue weighted by Crippen LogP contribution is -2.18. The monoisotopic (exact) mass is 262 g/mol. The highest BCUT2D eigenvalue weighted by Gasteiger charge is 2.27. The highest BCUT2D eigenvalue weighted by molar-refractivity contribution is 6.32. The van der Waals surface area contributed by atoms with E-state index in [1.165, 1.54) is 12.1 Å². The molecule has 0 aliphatic heterocycles. The average molecular weight is 263 g/mol. The summed E-state index contributed by atoms with van der Waals surface area (Å²) < 4.78 is 0. The van der Waals surface area contributed by atoms with E-state index >= 15 is 0 Å². The quantitative estimate of drug-likeness (QED) is 0.801. The maximum atomic E-state index is 10.0. The third kappa shape index (κ3) is 2.16. The maximum absolute atomic E-state index is 10.0. The standard InChI is InChI=1S/C15H15ClO2/c1-15(2,10-6-4-3-5-7-10)11-8-14(18)12(16)9-13(11)17/h3-9,17-18H,1-2H3. The van der Waals surface area contributed by atoms with E-state index in [1.54, 1.807) is 0 Å². The van der Waals surface area contributed by atoms with Gasteiger partial charge < -0.3 is 10.2 Å². The van der Waals surface area contributed by atoms with Gasteiger partial charge in [0.05, 0.1) is 5.02 Å². The zero-order valence-electron chi connectivity index (χ0n) is 10.3. The summed E-state index contributed by atoms with van der Waals surface area (Å²) in [6.45, 7) is 3.98. The van der Waals surface area contributed by atoms with Crippen molar-refractivity contribution in [3.8, 4) is 11.5 Å². The van der Waals surface area contributed by atoms with Crippen LogP contribution in [0.4, 0.5) is 0 Å². The maximum Gasteiger partial charge on any atom is 0.134 e. The minimum atomic E-state index is -0.409. The van der Waals surface area contributed by atoms with Crippen LogP contribution in [0, 0.1) is 0 Å². The van der Waals surface area contributed by atoms with E-state index in [0.717, 1.165) is 5.56 Å². The zero-order valence-corrected chi connectivity index (χ0v) is 11.1. The van der Waals surface area contributed by atoms with Gasteiger partial charge in [0.15, 0.2) is 0 Å². The van der Waals surface area contributed by atoms with Crippen LogP contribution in [0.15, 0.2) is 42.5 Å². The third-order valence-electron chi connectivity index (χ3n) is 3.23. The van der Waals surface area contributed by atoms with Crippen LogP contribution in [0.5, 0.6) is 11.5 Å². The van der Waals surface area contributed by atoms with Crippen LogP contribution in [0.1, 0.15) is 25.0 Å². The molecule has 2 aromatic carbocycles. The molecule has 0 spiro atoms. The molecule has 0 fully saturated rings. The molecule has 2 N–H and O–H groups in total. The fourth-order valence-electron chi connectivity index (χ4n) is 2.06. The van der Waals surface area contributed by atoms with Crippen molar-refractivity contribution in [2.24, 2.45) is 0 Å². The second-order valence-electron chi connectivity index (χ2n) is 4.81. The Bertz CT molecular complexity index is 562. The number of phenolic OH excluding ortho intramolecular Hbond substituents is 2. The molecule has 0 aromatic heterocycles. The molecule has 0 aliphatic rings. The van der Waals surface area contributed by atoms with Crippen molar-refractivity contribution in [3.05, 3.63) is 58.6 Å². The van der Waals surface area contributed by atoms with Gasteiger partial charge in [-0.1, -0.05) is 55.8 Å². The Labute approximate surface area is 111 Å². The SMILES string of the molecule is CC(C)(c1ccccc1)c1cc(O)c(Cl)cc1O. The van der Waals surface area contributed by atoms with Crippen LogP contribution in [0.3, 0.4) is 0 Å². The average Bonchev–Trinajstić information content (AvgIpc) is 2.34. The fraction of sp³-hybridized carbons (Fsp3) is 0.200. The first-order valence-corrected chi connectivity index (χ1v) is 6.08. The highest BCUT2D eigenvalue weighted by atomic mass is 35.5. The number of halogens is 1. The number of rotatable bonds is 2. The molecule has 94 valence electrons. The summed E-state index contributed by atoms with van der Waals surface area (Å²) in [6, 6.07) is 12.7. The summed E-state index contributed by atoms with van der Waals surface area (Å²) in [6.07, 6.45) is 0. The van der Waals surface area contributed by atoms with Gasteiger partial charge in [-0.05, 0) is 11.6 Å². The lowest BCUT2D eigenvalue weighted by atomic mass is 9.77. The first-order valence-electron chi connectivity index (χ1n) is 5.70. The summed E-state index contributed by atoms with van der Waals surface area (Å²) in [4.78, 5) is 0. The van der Waals surface area contributed by atoms with Crippen LogP contribution in [0.25, 0.3) is 0 Å². The van der Waals surface area contributed by atoms with Crippen molar-refractivity contribution < 1.29 is 10.2 Å². The predicted octanol–water partition coefficient (Wildman–Crippen LogP) is 4.08. The van der Waals surface area contributed by atoms with E-state index in [9.17, 15) is 10.2 Å². The van der Waals surface area contributed by atoms with E-state index in [4.69, 9.17) is 11.6 Å². The van der Waals surface area contributed by atoms with Crippen LogP contribution in [-0.2, 0) is 5.41 Å². The Morgan fingerprint density at radius 3 is 2.17 bits per heavy atom. The molecule has 0 heterocycles. The molecular weight excluding hydrogens is 248 g/mol. The van der Waals surface area contributed by atoms with E-state index < -0.39 is 5.41 Å². The van der Waals surface area contributed by atoms with E-state index in [0.29, 0.717) is 5.56 Å². The van der Waals surface area contributed by atoms with Crippen LogP contribution >= 0.6 is 11.6 Å². The number of hydrogen-bond acceptors (Lipinski definition) is 2. The summed E-state index contributed by atoms with van der Waals surface area (Å²) in [5, 5.41) is 19.9. The summed E-state index contributed by atoms with van der Waals surface area (Å²) in [7, 11) is 0. The number of aromatic hydroxyl groups is 2. The molecule has 18 heavy (non-hydrogen) atoms. The molecule has 2 rings (SSSR count). The topological polar surface area (TPSA) is 40.5 Å². The minimum Gasteiger partial charge on any atom is -0.508 e. The second-order valence-corrected chi connectivity index (χ2v) is 5.22. The first kappa shape index (κ1) is 12.8. The molecule has 0 saturated heterocycles. The molecular formula is C15H15ClO2. The largest absolute Gasteiger partial charge is 0.508 e. The van der Waals surface area contributed by atoms with Gasteiger partial charge in [0, 0.05) is 17.0 Å². The third-order valence-corrected chi connectivity index (χ3v) is 3.54. The Hall–Kier alpha value is -1.67. The summed E-state index contributed by atoms with van der Waals surface area (Å²) in [5.74, 6) is 0.0696. The Balaban J connectivity index is 2.58. The summed E-state index contributed by atoms with van der Waals surface area (Å²) >= 11 is 5.77. The van der Waals surface area contributed by atoms with Crippen molar-refractivity contribution in [1.82, 2.24) is 0 Å². The van der Waals surface area contributed by atoms with Crippen LogP contribution < -0.4 is 0 Å². The predicted molar refractivity (Wildman–Crippen MR) is 73.4 cm³/mol. The van der Waals surface area contributed by atoms with Crippen molar-refractivity contribution in [3.63, 3.8) is 0 Å². The lowest BCUT2D eigenvalue weighted by Gasteiger charge is -2.27. The number of hydrogen-bond donors (Lipinski definition) is 2. The van der Waals surface area contributed by atoms with E-state index in [2.05, 4.69) is 0 Å². The van der Waals surface area contributed by atoms with Gasteiger partial charge in [0.2, 0.25) is 0 Å². The first-order chi connectivity index (χ1) is 8.43. The normalized spacial score (nSPS) is 11.5. The summed E-state index contributed by atoms with van der Waals surface area (Å²) in [5.41, 5.74) is 1.30. The molecule has 0 saturated carbocycles. The van der Waals surface area contributed by atoms with Crippen molar-refractivity contribution in [2.75, 3.05) is 0 Å². The van der Waals surface area contributed by atoms with Gasteiger partial charge in [0.25, 0.3) is 0 Å². The van der Waals surface area contributed by atoms with Gasteiger partial charge in [-0.15, -0.1) is 0 Å². The lowest BCUT2D eigenvalue weighted by molar-refractivity contribution is 0.441. The van der Waals surface area contributed by atoms with E-state index in [1.807, 2.05) is 44.2 Å². The fourth-order valence-corrected chi connectivity index (χ4v) is 2.22. The Morgan fingerprint density at radius 2 is 1.56 bits per heavy atom. The van der Waals surface area contributed by atoms with E-state index in [-0.39, 0.29) is 16.5 Å². The van der Waals surface area contributed by atoms with Gasteiger partial charge in [-0.2, -0.15) is 0 Å². The molecule has 0 radical (unpaired) electrons. The van der Waals surface area contributed by atoms with Gasteiger partial charge in [-0.25, -0.2) is 0 Å². The van der Waals surface area contributed by atoms with Gasteiger partial charge in [0.1, 0.15) is 11.5 Å². The van der Waals surface area contributed by atoms with Crippen molar-refractivity contribution in [1.29, 1.82) is 0 Å². The zero-order chi connectivity index (χ0) is 13.3. The second kappa shape index (κ2) is 4.54. The molecule has 2 nitrogen and oxygen atoms in total.